The van der Waals surface area contributed by atoms with Crippen LogP contribution in [0.1, 0.15) is 22.8 Å². The summed E-state index contributed by atoms with van der Waals surface area (Å²) in [7, 11) is 1.41. The summed E-state index contributed by atoms with van der Waals surface area (Å²) in [4.78, 5) is 14.9. The van der Waals surface area contributed by atoms with Crippen molar-refractivity contribution in [3.05, 3.63) is 35.5 Å². The molecule has 0 aliphatic rings. The van der Waals surface area contributed by atoms with E-state index in [0.29, 0.717) is 5.56 Å². The number of H-pyrrole nitrogens is 1. The Labute approximate surface area is 105 Å². The van der Waals surface area contributed by atoms with Gasteiger partial charge in [-0.3, -0.25) is 0 Å². The molecule has 1 heterocycles. The van der Waals surface area contributed by atoms with Gasteiger partial charge in [0.1, 0.15) is 0 Å². The number of thioether (sulfide) groups is 1. The van der Waals surface area contributed by atoms with Crippen molar-refractivity contribution in [2.75, 3.05) is 12.9 Å². The van der Waals surface area contributed by atoms with Crippen LogP contribution in [0.2, 0.25) is 0 Å². The van der Waals surface area contributed by atoms with E-state index < -0.39 is 0 Å². The Morgan fingerprint density at radius 3 is 3.00 bits per heavy atom. The number of aromatic nitrogens is 1. The fourth-order valence-corrected chi connectivity index (χ4v) is 2.51. The smallest absolute Gasteiger partial charge is 0.338 e. The third kappa shape index (κ3) is 2.31. The lowest BCUT2D eigenvalue weighted by Gasteiger charge is -2.04. The minimum atomic E-state index is -0.280. The quantitative estimate of drug-likeness (QED) is 0.846. The van der Waals surface area contributed by atoms with Gasteiger partial charge in [-0.05, 0) is 23.4 Å². The molecule has 0 radical (unpaired) electrons. The molecule has 0 saturated carbocycles. The highest BCUT2D eigenvalue weighted by atomic mass is 32.2. The van der Waals surface area contributed by atoms with E-state index >= 15 is 0 Å². The second-order valence-electron chi connectivity index (χ2n) is 3.67. The van der Waals surface area contributed by atoms with E-state index in [9.17, 15) is 4.79 Å². The van der Waals surface area contributed by atoms with Gasteiger partial charge in [0.25, 0.3) is 0 Å². The average Bonchev–Trinajstić information content (AvgIpc) is 2.78. The van der Waals surface area contributed by atoms with Gasteiger partial charge < -0.3 is 9.72 Å². The van der Waals surface area contributed by atoms with E-state index in [1.807, 2.05) is 36.2 Å². The Bertz CT molecular complexity index is 533. The Morgan fingerprint density at radius 1 is 1.47 bits per heavy atom. The molecule has 2 aromatic rings. The monoisotopic (exact) mass is 249 g/mol. The number of hydrogen-bond acceptors (Lipinski definition) is 3. The summed E-state index contributed by atoms with van der Waals surface area (Å²) in [5.74, 6) is 1.69. The van der Waals surface area contributed by atoms with Crippen LogP contribution in [0.3, 0.4) is 0 Å². The molecule has 4 heteroatoms. The molecule has 0 saturated heterocycles. The third-order valence-electron chi connectivity index (χ3n) is 2.65. The van der Waals surface area contributed by atoms with Crippen molar-refractivity contribution in [3.63, 3.8) is 0 Å². The molecule has 1 aromatic heterocycles. The normalized spacial score (nSPS) is 10.7. The van der Waals surface area contributed by atoms with Crippen LogP contribution in [0.25, 0.3) is 10.9 Å². The number of carbonyl (C=O) groups excluding carboxylic acids is 1. The summed E-state index contributed by atoms with van der Waals surface area (Å²) < 4.78 is 4.81. The highest BCUT2D eigenvalue weighted by Gasteiger charge is 2.14. The number of rotatable bonds is 4. The van der Waals surface area contributed by atoms with Gasteiger partial charge in [0, 0.05) is 22.9 Å². The van der Waals surface area contributed by atoms with E-state index in [4.69, 9.17) is 4.74 Å². The van der Waals surface area contributed by atoms with Crippen LogP contribution >= 0.6 is 11.8 Å². The minimum Gasteiger partial charge on any atom is -0.465 e. The van der Waals surface area contributed by atoms with Gasteiger partial charge in [-0.2, -0.15) is 11.8 Å². The van der Waals surface area contributed by atoms with Crippen LogP contribution in [-0.2, 0) is 10.5 Å². The van der Waals surface area contributed by atoms with Crippen LogP contribution < -0.4 is 0 Å². The summed E-state index contributed by atoms with van der Waals surface area (Å²) in [5.41, 5.74) is 2.78. The van der Waals surface area contributed by atoms with Crippen molar-refractivity contribution in [2.45, 2.75) is 12.7 Å². The zero-order valence-corrected chi connectivity index (χ0v) is 10.8. The predicted molar refractivity (Wildman–Crippen MR) is 71.5 cm³/mol. The lowest BCUT2D eigenvalue weighted by molar-refractivity contribution is 0.0603. The highest BCUT2D eigenvalue weighted by molar-refractivity contribution is 7.98. The predicted octanol–water partition coefficient (Wildman–Crippen LogP) is 3.21. The van der Waals surface area contributed by atoms with Crippen molar-refractivity contribution >= 4 is 28.6 Å². The summed E-state index contributed by atoms with van der Waals surface area (Å²) in [6.07, 6.45) is 1.97. The van der Waals surface area contributed by atoms with Crippen LogP contribution in [-0.4, -0.2) is 23.8 Å². The number of aromatic amines is 1. The van der Waals surface area contributed by atoms with E-state index in [2.05, 4.69) is 11.9 Å². The zero-order valence-electron chi connectivity index (χ0n) is 9.95. The minimum absolute atomic E-state index is 0.280. The molecule has 0 fully saturated rings. The fourth-order valence-electron chi connectivity index (χ4n) is 1.86. The maximum Gasteiger partial charge on any atom is 0.338 e. The van der Waals surface area contributed by atoms with Crippen molar-refractivity contribution in [2.24, 2.45) is 0 Å². The van der Waals surface area contributed by atoms with Crippen molar-refractivity contribution < 1.29 is 9.53 Å². The first-order valence-corrected chi connectivity index (χ1v) is 6.68. The third-order valence-corrected chi connectivity index (χ3v) is 3.58. The fraction of sp³-hybridized carbons (Fsp3) is 0.308. The summed E-state index contributed by atoms with van der Waals surface area (Å²) in [6, 6.07) is 5.64. The topological polar surface area (TPSA) is 42.1 Å². The van der Waals surface area contributed by atoms with E-state index in [0.717, 1.165) is 28.0 Å². The number of benzene rings is 1. The Balaban J connectivity index is 2.51. The molecule has 90 valence electrons. The molecule has 0 aliphatic heterocycles. The Morgan fingerprint density at radius 2 is 2.29 bits per heavy atom. The molecule has 0 atom stereocenters. The molecule has 3 nitrogen and oxygen atoms in total. The SMILES string of the molecule is CCSCc1c[nH]c2cccc(C(=O)OC)c12. The first kappa shape index (κ1) is 12.0. The van der Waals surface area contributed by atoms with E-state index in [1.54, 1.807) is 0 Å². The zero-order chi connectivity index (χ0) is 12.3. The second-order valence-corrected chi connectivity index (χ2v) is 4.95. The van der Waals surface area contributed by atoms with Crippen LogP contribution in [0.4, 0.5) is 0 Å². The van der Waals surface area contributed by atoms with E-state index in [1.165, 1.54) is 7.11 Å². The number of ether oxygens (including phenoxy) is 1. The van der Waals surface area contributed by atoms with Crippen LogP contribution in [0.5, 0.6) is 0 Å². The highest BCUT2D eigenvalue weighted by Crippen LogP contribution is 2.26. The molecule has 1 aromatic carbocycles. The van der Waals surface area contributed by atoms with Gasteiger partial charge in [-0.15, -0.1) is 0 Å². The van der Waals surface area contributed by atoms with Gasteiger partial charge in [0.05, 0.1) is 12.7 Å². The van der Waals surface area contributed by atoms with Gasteiger partial charge in [0.15, 0.2) is 0 Å². The molecular formula is C13H15NO2S. The van der Waals surface area contributed by atoms with Crippen molar-refractivity contribution in [1.82, 2.24) is 4.98 Å². The summed E-state index contributed by atoms with van der Waals surface area (Å²) in [5, 5.41) is 0.986. The number of nitrogens with one attached hydrogen (secondary N) is 1. The van der Waals surface area contributed by atoms with Gasteiger partial charge in [-0.25, -0.2) is 4.79 Å². The number of esters is 1. The summed E-state index contributed by atoms with van der Waals surface area (Å²) >= 11 is 1.84. The molecule has 2 rings (SSSR count). The van der Waals surface area contributed by atoms with Crippen LogP contribution in [0.15, 0.2) is 24.4 Å². The van der Waals surface area contributed by atoms with Crippen molar-refractivity contribution in [3.8, 4) is 0 Å². The first-order valence-electron chi connectivity index (χ1n) is 5.53. The molecular weight excluding hydrogens is 234 g/mol. The lowest BCUT2D eigenvalue weighted by Crippen LogP contribution is -2.02. The Kier molecular flexibility index (Phi) is 3.74. The molecule has 0 amide bonds. The number of carbonyl (C=O) groups is 1. The van der Waals surface area contributed by atoms with Gasteiger partial charge >= 0.3 is 5.97 Å². The molecule has 17 heavy (non-hydrogen) atoms. The average molecular weight is 249 g/mol. The largest absolute Gasteiger partial charge is 0.465 e. The maximum atomic E-state index is 11.7. The molecule has 0 unspecified atom stereocenters. The molecule has 0 spiro atoms. The van der Waals surface area contributed by atoms with Gasteiger partial charge in [0.2, 0.25) is 0 Å². The van der Waals surface area contributed by atoms with Crippen molar-refractivity contribution in [1.29, 1.82) is 0 Å². The van der Waals surface area contributed by atoms with E-state index in [-0.39, 0.29) is 5.97 Å². The number of hydrogen-bond donors (Lipinski definition) is 1. The molecule has 0 aliphatic carbocycles. The summed E-state index contributed by atoms with van der Waals surface area (Å²) in [6.45, 7) is 2.13. The molecule has 0 bridgehead atoms. The van der Waals surface area contributed by atoms with Gasteiger partial charge in [-0.1, -0.05) is 13.0 Å². The lowest BCUT2D eigenvalue weighted by atomic mass is 10.1. The second kappa shape index (κ2) is 5.27. The maximum absolute atomic E-state index is 11.7. The number of methoxy groups -OCH3 is 1. The molecule has 1 N–H and O–H groups in total. The first-order chi connectivity index (χ1) is 8.27. The Hall–Kier alpha value is -1.42. The standard InChI is InChI=1S/C13H15NO2S/c1-3-17-8-9-7-14-11-6-4-5-10(12(9)11)13(15)16-2/h4-7,14H,3,8H2,1-2H3. The number of fused-ring (bicyclic) bond motifs is 1. The van der Waals surface area contributed by atoms with Crippen LogP contribution in [0, 0.1) is 0 Å².